The molecule has 0 spiro atoms. The number of nitrogens with zero attached hydrogens (tertiary/aromatic N) is 3. The summed E-state index contributed by atoms with van der Waals surface area (Å²) in [6.45, 7) is 2.24. The smallest absolute Gasteiger partial charge is 0.359 e. The van der Waals surface area contributed by atoms with Crippen molar-refractivity contribution in [3.8, 4) is 11.4 Å². The highest BCUT2D eigenvalue weighted by Crippen LogP contribution is 2.36. The summed E-state index contributed by atoms with van der Waals surface area (Å²) in [6.07, 6.45) is 0.386. The van der Waals surface area contributed by atoms with Gasteiger partial charge in [0.05, 0.1) is 13.7 Å². The normalized spacial score (nSPS) is 12.8. The van der Waals surface area contributed by atoms with E-state index in [1.165, 1.54) is 23.9 Å². The zero-order valence-corrected chi connectivity index (χ0v) is 17.6. The van der Waals surface area contributed by atoms with Gasteiger partial charge in [0, 0.05) is 29.5 Å². The lowest BCUT2D eigenvalue weighted by molar-refractivity contribution is 0.0517. The summed E-state index contributed by atoms with van der Waals surface area (Å²) >= 11 is 0. The Balaban J connectivity index is 1.92. The Morgan fingerprint density at radius 2 is 2.00 bits per heavy atom. The first-order chi connectivity index (χ1) is 15.5. The molecule has 32 heavy (non-hydrogen) atoms. The minimum absolute atomic E-state index is 0.0433. The maximum atomic E-state index is 15.0. The lowest BCUT2D eigenvalue weighted by Gasteiger charge is -2.30. The number of hydrogen-bond donors (Lipinski definition) is 1. The van der Waals surface area contributed by atoms with Gasteiger partial charge in [0.1, 0.15) is 17.1 Å². The number of aromatic nitrogens is 2. The number of fused-ring (bicyclic) bond motifs is 1. The molecule has 0 unspecified atom stereocenters. The van der Waals surface area contributed by atoms with Crippen molar-refractivity contribution in [1.82, 2.24) is 9.78 Å². The number of ether oxygens (including phenoxy) is 2. The van der Waals surface area contributed by atoms with E-state index in [1.54, 1.807) is 42.2 Å². The van der Waals surface area contributed by atoms with Crippen LogP contribution in [-0.4, -0.2) is 42.0 Å². The predicted octanol–water partition coefficient (Wildman–Crippen LogP) is 3.01. The molecule has 0 amide bonds. The van der Waals surface area contributed by atoms with E-state index in [4.69, 9.17) is 15.2 Å². The molecule has 2 aromatic carbocycles. The molecule has 0 bridgehead atoms. The molecule has 2 heterocycles. The number of anilines is 2. The lowest BCUT2D eigenvalue weighted by atomic mass is 10.0. The number of benzene rings is 2. The van der Waals surface area contributed by atoms with Gasteiger partial charge in [-0.1, -0.05) is 0 Å². The SMILES string of the molecule is CCOC(=O)c1nn(-c2ccc(OC)cc2F)c2c1CCN(c1ccc(N)cc1)C2=C=O. The molecule has 1 aliphatic rings. The van der Waals surface area contributed by atoms with Gasteiger partial charge in [0.2, 0.25) is 0 Å². The van der Waals surface area contributed by atoms with Gasteiger partial charge in [-0.3, -0.25) is 0 Å². The summed E-state index contributed by atoms with van der Waals surface area (Å²) in [5, 5.41) is 4.35. The minimum atomic E-state index is -0.636. The Morgan fingerprint density at radius 1 is 1.25 bits per heavy atom. The van der Waals surface area contributed by atoms with Crippen molar-refractivity contribution in [2.75, 3.05) is 30.9 Å². The van der Waals surface area contributed by atoms with Gasteiger partial charge in [-0.15, -0.1) is 0 Å². The molecule has 0 atom stereocenters. The van der Waals surface area contributed by atoms with Crippen LogP contribution in [0.25, 0.3) is 11.4 Å². The quantitative estimate of drug-likeness (QED) is 0.373. The molecule has 0 radical (unpaired) electrons. The van der Waals surface area contributed by atoms with Crippen molar-refractivity contribution in [2.24, 2.45) is 0 Å². The molecule has 3 aromatic rings. The van der Waals surface area contributed by atoms with Crippen LogP contribution < -0.4 is 15.4 Å². The fourth-order valence-electron chi connectivity index (χ4n) is 3.73. The molecule has 9 heteroatoms. The number of carbonyl (C=O) groups excluding carboxylic acids is 2. The van der Waals surface area contributed by atoms with Crippen LogP contribution in [-0.2, 0) is 16.0 Å². The number of nitrogen functional groups attached to an aromatic ring is 1. The highest BCUT2D eigenvalue weighted by molar-refractivity contribution is 6.00. The third kappa shape index (κ3) is 3.59. The summed E-state index contributed by atoms with van der Waals surface area (Å²) in [7, 11) is 1.43. The summed E-state index contributed by atoms with van der Waals surface area (Å²) in [5.74, 6) is 1.03. The van der Waals surface area contributed by atoms with Gasteiger partial charge in [-0.25, -0.2) is 18.7 Å². The molecule has 4 rings (SSSR count). The van der Waals surface area contributed by atoms with Crippen molar-refractivity contribution in [3.05, 3.63) is 65.2 Å². The number of hydrogen-bond acceptors (Lipinski definition) is 7. The Hall–Kier alpha value is -4.10. The van der Waals surface area contributed by atoms with Crippen LogP contribution in [0.15, 0.2) is 42.5 Å². The van der Waals surface area contributed by atoms with Crippen molar-refractivity contribution in [2.45, 2.75) is 13.3 Å². The Kier molecular flexibility index (Phi) is 5.66. The number of methoxy groups -OCH3 is 1. The average molecular weight is 436 g/mol. The lowest BCUT2D eigenvalue weighted by Crippen LogP contribution is -2.31. The van der Waals surface area contributed by atoms with Gasteiger partial charge in [-0.05, 0) is 49.7 Å². The summed E-state index contributed by atoms with van der Waals surface area (Å²) < 4.78 is 26.4. The first-order valence-electron chi connectivity index (χ1n) is 10.00. The number of esters is 1. The molecular weight excluding hydrogens is 415 g/mol. The number of carbonyl (C=O) groups is 1. The van der Waals surface area contributed by atoms with E-state index >= 15 is 0 Å². The van der Waals surface area contributed by atoms with E-state index in [1.807, 2.05) is 5.94 Å². The highest BCUT2D eigenvalue weighted by Gasteiger charge is 2.34. The minimum Gasteiger partial charge on any atom is -0.497 e. The zero-order chi connectivity index (χ0) is 22.8. The standard InChI is InChI=1S/C23H21FN4O4/c1-3-32-23(30)21-17-10-11-27(15-6-4-14(25)5-7-15)20(13-29)22(17)28(26-21)19-9-8-16(31-2)12-18(19)24/h4-9,12H,3,10-11,25H2,1-2H3. The van der Waals surface area contributed by atoms with Gasteiger partial charge in [0.15, 0.2) is 23.1 Å². The van der Waals surface area contributed by atoms with Crippen molar-refractivity contribution >= 4 is 29.0 Å². The number of halogens is 1. The van der Waals surface area contributed by atoms with Crippen LogP contribution in [0, 0.1) is 5.82 Å². The van der Waals surface area contributed by atoms with E-state index in [-0.39, 0.29) is 29.4 Å². The van der Waals surface area contributed by atoms with E-state index in [9.17, 15) is 14.0 Å². The summed E-state index contributed by atoms with van der Waals surface area (Å²) in [6, 6.07) is 11.2. The molecule has 8 nitrogen and oxygen atoms in total. The molecule has 0 saturated carbocycles. The second-order valence-corrected chi connectivity index (χ2v) is 7.07. The van der Waals surface area contributed by atoms with Crippen LogP contribution in [0.3, 0.4) is 0 Å². The fraction of sp³-hybridized carbons (Fsp3) is 0.217. The monoisotopic (exact) mass is 436 g/mol. The van der Waals surface area contributed by atoms with Crippen LogP contribution in [0.5, 0.6) is 5.75 Å². The maximum absolute atomic E-state index is 15.0. The molecule has 2 N–H and O–H groups in total. The van der Waals surface area contributed by atoms with E-state index in [0.717, 1.165) is 0 Å². The molecule has 164 valence electrons. The third-order valence-corrected chi connectivity index (χ3v) is 5.22. The topological polar surface area (TPSA) is 99.7 Å². The zero-order valence-electron chi connectivity index (χ0n) is 17.6. The molecule has 1 aliphatic heterocycles. The second kappa shape index (κ2) is 8.56. The van der Waals surface area contributed by atoms with Crippen molar-refractivity contribution < 1.29 is 23.5 Å². The van der Waals surface area contributed by atoms with E-state index in [2.05, 4.69) is 5.10 Å². The van der Waals surface area contributed by atoms with Crippen LogP contribution in [0.2, 0.25) is 0 Å². The van der Waals surface area contributed by atoms with Crippen molar-refractivity contribution in [3.63, 3.8) is 0 Å². The summed E-state index contributed by atoms with van der Waals surface area (Å²) in [4.78, 5) is 26.5. The molecule has 1 aromatic heterocycles. The van der Waals surface area contributed by atoms with Crippen LogP contribution in [0.1, 0.15) is 28.7 Å². The highest BCUT2D eigenvalue weighted by atomic mass is 19.1. The van der Waals surface area contributed by atoms with E-state index < -0.39 is 11.8 Å². The molecular formula is C23H21FN4O4. The van der Waals surface area contributed by atoms with Crippen molar-refractivity contribution in [1.29, 1.82) is 0 Å². The number of nitrogens with two attached hydrogens (primary N) is 1. The number of rotatable bonds is 5. The fourth-order valence-corrected chi connectivity index (χ4v) is 3.73. The first kappa shape index (κ1) is 21.1. The van der Waals surface area contributed by atoms with Gasteiger partial charge in [-0.2, -0.15) is 5.10 Å². The Labute approximate surface area is 183 Å². The first-order valence-corrected chi connectivity index (χ1v) is 10.00. The second-order valence-electron chi connectivity index (χ2n) is 7.07. The van der Waals surface area contributed by atoms with E-state index in [0.29, 0.717) is 35.7 Å². The summed E-state index contributed by atoms with van der Waals surface area (Å²) in [5.41, 5.74) is 8.11. The van der Waals surface area contributed by atoms with Gasteiger partial charge < -0.3 is 20.1 Å². The largest absolute Gasteiger partial charge is 0.497 e. The van der Waals surface area contributed by atoms with Gasteiger partial charge >= 0.3 is 5.97 Å². The third-order valence-electron chi connectivity index (χ3n) is 5.22. The molecule has 0 fully saturated rings. The predicted molar refractivity (Wildman–Crippen MR) is 117 cm³/mol. The molecule has 0 saturated heterocycles. The van der Waals surface area contributed by atoms with Crippen LogP contribution >= 0.6 is 0 Å². The average Bonchev–Trinajstić information content (AvgIpc) is 3.18. The Morgan fingerprint density at radius 3 is 2.62 bits per heavy atom. The Bertz CT molecular complexity index is 1230. The van der Waals surface area contributed by atoms with Gasteiger partial charge in [0.25, 0.3) is 0 Å². The molecule has 0 aliphatic carbocycles. The maximum Gasteiger partial charge on any atom is 0.359 e. The van der Waals surface area contributed by atoms with Crippen LogP contribution in [0.4, 0.5) is 15.8 Å².